The quantitative estimate of drug-likeness (QED) is 0.866. The van der Waals surface area contributed by atoms with Gasteiger partial charge in [0.25, 0.3) is 5.91 Å². The van der Waals surface area contributed by atoms with Crippen LogP contribution in [0.1, 0.15) is 23.2 Å². The Morgan fingerprint density at radius 2 is 2.05 bits per heavy atom. The number of aliphatic hydroxyl groups excluding tert-OH is 1. The van der Waals surface area contributed by atoms with E-state index < -0.39 is 0 Å². The summed E-state index contributed by atoms with van der Waals surface area (Å²) >= 11 is 0. The molecule has 5 heteroatoms. The normalized spacial score (nSPS) is 21.7. The molecule has 1 amide bonds. The Labute approximate surface area is 110 Å². The van der Waals surface area contributed by atoms with Crippen LogP contribution in [0.4, 0.5) is 0 Å². The Balaban J connectivity index is 1.69. The van der Waals surface area contributed by atoms with Crippen LogP contribution < -0.4 is 5.32 Å². The Bertz CT molecular complexity index is 573. The lowest BCUT2D eigenvalue weighted by Gasteiger charge is -2.31. The molecule has 1 aromatic carbocycles. The molecule has 0 aliphatic heterocycles. The molecule has 0 radical (unpaired) electrons. The highest BCUT2D eigenvalue weighted by Gasteiger charge is 2.28. The number of hydrogen-bond donors (Lipinski definition) is 2. The zero-order valence-corrected chi connectivity index (χ0v) is 10.4. The van der Waals surface area contributed by atoms with E-state index in [0.29, 0.717) is 18.4 Å². The SMILES string of the molecule is O=C(NC1CC(O)C1)c1cnn(-c2ccccc2)c1. The van der Waals surface area contributed by atoms with Crippen LogP contribution in [0, 0.1) is 0 Å². The van der Waals surface area contributed by atoms with Crippen LogP contribution in [0.5, 0.6) is 0 Å². The van der Waals surface area contributed by atoms with Crippen molar-refractivity contribution in [2.45, 2.75) is 25.0 Å². The van der Waals surface area contributed by atoms with Gasteiger partial charge in [0.2, 0.25) is 0 Å². The summed E-state index contributed by atoms with van der Waals surface area (Å²) in [4.78, 5) is 12.0. The maximum atomic E-state index is 12.0. The van der Waals surface area contributed by atoms with Crippen molar-refractivity contribution in [2.75, 3.05) is 0 Å². The number of aliphatic hydroxyl groups is 1. The zero-order chi connectivity index (χ0) is 13.2. The lowest BCUT2D eigenvalue weighted by molar-refractivity contribution is 0.0562. The molecule has 1 fully saturated rings. The van der Waals surface area contributed by atoms with Gasteiger partial charge in [-0.3, -0.25) is 4.79 Å². The van der Waals surface area contributed by atoms with E-state index in [1.807, 2.05) is 30.3 Å². The van der Waals surface area contributed by atoms with Gasteiger partial charge in [0, 0.05) is 12.2 Å². The summed E-state index contributed by atoms with van der Waals surface area (Å²) in [6, 6.07) is 9.72. The maximum absolute atomic E-state index is 12.0. The van der Waals surface area contributed by atoms with Crippen molar-refractivity contribution in [1.82, 2.24) is 15.1 Å². The minimum Gasteiger partial charge on any atom is -0.393 e. The minimum absolute atomic E-state index is 0.0857. The predicted octanol–water partition coefficient (Wildman–Crippen LogP) is 1.13. The van der Waals surface area contributed by atoms with E-state index in [0.717, 1.165) is 5.69 Å². The van der Waals surface area contributed by atoms with Crippen LogP contribution in [-0.4, -0.2) is 32.9 Å². The van der Waals surface area contributed by atoms with Crippen LogP contribution >= 0.6 is 0 Å². The molecular weight excluding hydrogens is 242 g/mol. The van der Waals surface area contributed by atoms with Crippen LogP contribution in [0.25, 0.3) is 5.69 Å². The van der Waals surface area contributed by atoms with Crippen molar-refractivity contribution >= 4 is 5.91 Å². The van der Waals surface area contributed by atoms with Crippen LogP contribution in [0.3, 0.4) is 0 Å². The largest absolute Gasteiger partial charge is 0.393 e. The molecular formula is C14H15N3O2. The van der Waals surface area contributed by atoms with E-state index in [1.165, 1.54) is 0 Å². The van der Waals surface area contributed by atoms with Crippen molar-refractivity contribution in [3.8, 4) is 5.69 Å². The first-order valence-electron chi connectivity index (χ1n) is 6.31. The number of rotatable bonds is 3. The van der Waals surface area contributed by atoms with Gasteiger partial charge in [0.15, 0.2) is 0 Å². The van der Waals surface area contributed by atoms with Gasteiger partial charge in [-0.1, -0.05) is 18.2 Å². The second-order valence-electron chi connectivity index (χ2n) is 4.80. The van der Waals surface area contributed by atoms with Gasteiger partial charge < -0.3 is 10.4 Å². The fraction of sp³-hybridized carbons (Fsp3) is 0.286. The number of carbonyl (C=O) groups excluding carboxylic acids is 1. The summed E-state index contributed by atoms with van der Waals surface area (Å²) in [5.41, 5.74) is 1.45. The van der Waals surface area contributed by atoms with Crippen molar-refractivity contribution in [3.63, 3.8) is 0 Å². The number of nitrogens with one attached hydrogen (secondary N) is 1. The standard InChI is InChI=1S/C14H15N3O2/c18-13-6-11(7-13)16-14(19)10-8-15-17(9-10)12-4-2-1-3-5-12/h1-5,8-9,11,13,18H,6-7H2,(H,16,19). The van der Waals surface area contributed by atoms with E-state index in [9.17, 15) is 9.90 Å². The second-order valence-corrected chi connectivity index (χ2v) is 4.80. The first-order valence-corrected chi connectivity index (χ1v) is 6.31. The highest BCUT2D eigenvalue weighted by molar-refractivity contribution is 5.94. The molecule has 1 heterocycles. The summed E-state index contributed by atoms with van der Waals surface area (Å²) in [5, 5.41) is 16.2. The molecule has 1 saturated carbocycles. The average Bonchev–Trinajstić information content (AvgIpc) is 2.87. The number of benzene rings is 1. The lowest BCUT2D eigenvalue weighted by Crippen LogP contribution is -2.46. The molecule has 5 nitrogen and oxygen atoms in total. The monoisotopic (exact) mass is 257 g/mol. The summed E-state index contributed by atoms with van der Waals surface area (Å²) in [7, 11) is 0. The van der Waals surface area contributed by atoms with Gasteiger partial charge >= 0.3 is 0 Å². The van der Waals surface area contributed by atoms with Crippen molar-refractivity contribution in [2.24, 2.45) is 0 Å². The smallest absolute Gasteiger partial charge is 0.254 e. The molecule has 2 N–H and O–H groups in total. The number of amides is 1. The molecule has 98 valence electrons. The van der Waals surface area contributed by atoms with Crippen molar-refractivity contribution < 1.29 is 9.90 Å². The third-order valence-corrected chi connectivity index (χ3v) is 3.31. The van der Waals surface area contributed by atoms with E-state index >= 15 is 0 Å². The summed E-state index contributed by atoms with van der Waals surface area (Å²) in [5.74, 6) is -0.140. The Morgan fingerprint density at radius 3 is 2.74 bits per heavy atom. The van der Waals surface area contributed by atoms with Gasteiger partial charge in [-0.05, 0) is 25.0 Å². The van der Waals surface area contributed by atoms with Gasteiger partial charge in [-0.15, -0.1) is 0 Å². The van der Waals surface area contributed by atoms with E-state index in [4.69, 9.17) is 0 Å². The van der Waals surface area contributed by atoms with Crippen LogP contribution in [0.15, 0.2) is 42.7 Å². The molecule has 3 rings (SSSR count). The molecule has 0 spiro atoms. The third-order valence-electron chi connectivity index (χ3n) is 3.31. The number of carbonyl (C=O) groups is 1. The molecule has 1 aliphatic carbocycles. The second kappa shape index (κ2) is 4.85. The molecule has 2 aromatic rings. The summed E-state index contributed by atoms with van der Waals surface area (Å²) < 4.78 is 1.67. The molecule has 0 bridgehead atoms. The number of nitrogens with zero attached hydrogens (tertiary/aromatic N) is 2. The average molecular weight is 257 g/mol. The van der Waals surface area contributed by atoms with Crippen LogP contribution in [-0.2, 0) is 0 Å². The first kappa shape index (κ1) is 11.9. The predicted molar refractivity (Wildman–Crippen MR) is 70.1 cm³/mol. The molecule has 0 atom stereocenters. The highest BCUT2D eigenvalue weighted by Crippen LogP contribution is 2.19. The molecule has 0 unspecified atom stereocenters. The maximum Gasteiger partial charge on any atom is 0.254 e. The zero-order valence-electron chi connectivity index (χ0n) is 10.4. The number of hydrogen-bond acceptors (Lipinski definition) is 3. The molecule has 19 heavy (non-hydrogen) atoms. The Hall–Kier alpha value is -2.14. The van der Waals surface area contributed by atoms with Crippen molar-refractivity contribution in [3.05, 3.63) is 48.3 Å². The molecule has 0 saturated heterocycles. The van der Waals surface area contributed by atoms with Gasteiger partial charge in [-0.25, -0.2) is 4.68 Å². The fourth-order valence-corrected chi connectivity index (χ4v) is 2.14. The van der Waals surface area contributed by atoms with E-state index in [-0.39, 0.29) is 18.1 Å². The minimum atomic E-state index is -0.266. The highest BCUT2D eigenvalue weighted by atomic mass is 16.3. The molecule has 1 aliphatic rings. The first-order chi connectivity index (χ1) is 9.22. The Morgan fingerprint density at radius 1 is 1.32 bits per heavy atom. The third kappa shape index (κ3) is 2.51. The van der Waals surface area contributed by atoms with Crippen molar-refractivity contribution in [1.29, 1.82) is 0 Å². The number of para-hydroxylation sites is 1. The van der Waals surface area contributed by atoms with Crippen LogP contribution in [0.2, 0.25) is 0 Å². The van der Waals surface area contributed by atoms with Gasteiger partial charge in [0.1, 0.15) is 0 Å². The topological polar surface area (TPSA) is 67.2 Å². The van der Waals surface area contributed by atoms with E-state index in [1.54, 1.807) is 17.1 Å². The fourth-order valence-electron chi connectivity index (χ4n) is 2.14. The van der Waals surface area contributed by atoms with Gasteiger partial charge in [-0.2, -0.15) is 5.10 Å². The number of aromatic nitrogens is 2. The Kier molecular flexibility index (Phi) is 3.05. The van der Waals surface area contributed by atoms with Gasteiger partial charge in [0.05, 0.1) is 23.6 Å². The lowest BCUT2D eigenvalue weighted by atomic mass is 9.89. The molecule has 1 aromatic heterocycles. The van der Waals surface area contributed by atoms with E-state index in [2.05, 4.69) is 10.4 Å². The summed E-state index contributed by atoms with van der Waals surface area (Å²) in [6.45, 7) is 0. The summed E-state index contributed by atoms with van der Waals surface area (Å²) in [6.07, 6.45) is 4.27.